The van der Waals surface area contributed by atoms with Gasteiger partial charge in [0.05, 0.1) is 0 Å². The summed E-state index contributed by atoms with van der Waals surface area (Å²) in [5, 5.41) is 9.22. The molecule has 1 aliphatic rings. The molecule has 0 spiro atoms. The van der Waals surface area contributed by atoms with Crippen LogP contribution in [-0.2, 0) is 11.3 Å². The molecule has 0 saturated carbocycles. The zero-order valence-corrected chi connectivity index (χ0v) is 12.0. The van der Waals surface area contributed by atoms with E-state index in [2.05, 4.69) is 0 Å². The molecule has 1 atom stereocenters. The van der Waals surface area contributed by atoms with E-state index >= 15 is 0 Å². The van der Waals surface area contributed by atoms with E-state index in [-0.39, 0.29) is 5.75 Å². The van der Waals surface area contributed by atoms with Gasteiger partial charge in [-0.15, -0.1) is 0 Å². The summed E-state index contributed by atoms with van der Waals surface area (Å²) >= 11 is 0. The van der Waals surface area contributed by atoms with E-state index in [1.165, 1.54) is 12.1 Å². The highest BCUT2D eigenvalue weighted by atomic mass is 19.4. The second-order valence-corrected chi connectivity index (χ2v) is 5.37. The minimum absolute atomic E-state index is 0.138. The van der Waals surface area contributed by atoms with E-state index in [9.17, 15) is 23.1 Å². The lowest BCUT2D eigenvalue weighted by molar-refractivity contribution is -0.153. The standard InChI is InChI=1S/C15H18F3NO3/c16-15(17,18)10-22-12-5-3-4-11(8-12)9-19-7-2-1-6-13(19)14(20)21/h3-5,8,13H,1-2,6-7,9-10H2,(H,20,21). The van der Waals surface area contributed by atoms with Crippen LogP contribution in [0.5, 0.6) is 5.75 Å². The average molecular weight is 317 g/mol. The zero-order chi connectivity index (χ0) is 16.2. The first kappa shape index (κ1) is 16.6. The van der Waals surface area contributed by atoms with Gasteiger partial charge in [0, 0.05) is 6.54 Å². The molecule has 1 aromatic carbocycles. The monoisotopic (exact) mass is 317 g/mol. The van der Waals surface area contributed by atoms with Gasteiger partial charge in [-0.3, -0.25) is 9.69 Å². The third-order valence-corrected chi connectivity index (χ3v) is 3.59. The fraction of sp³-hybridized carbons (Fsp3) is 0.533. The van der Waals surface area contributed by atoms with Gasteiger partial charge in [0.1, 0.15) is 11.8 Å². The molecule has 1 unspecified atom stereocenters. The Balaban J connectivity index is 2.01. The van der Waals surface area contributed by atoms with Crippen molar-refractivity contribution in [1.82, 2.24) is 4.90 Å². The molecule has 122 valence electrons. The summed E-state index contributed by atoms with van der Waals surface area (Å²) in [5.74, 6) is -0.720. The molecule has 22 heavy (non-hydrogen) atoms. The predicted molar refractivity (Wildman–Crippen MR) is 73.7 cm³/mol. The van der Waals surface area contributed by atoms with Crippen molar-refractivity contribution in [3.05, 3.63) is 29.8 Å². The lowest BCUT2D eigenvalue weighted by atomic mass is 10.0. The normalized spacial score (nSPS) is 19.9. The molecule has 0 bridgehead atoms. The number of carboxylic acids is 1. The molecule has 1 fully saturated rings. The molecule has 1 saturated heterocycles. The van der Waals surface area contributed by atoms with Gasteiger partial charge in [-0.25, -0.2) is 0 Å². The van der Waals surface area contributed by atoms with Crippen LogP contribution in [0, 0.1) is 0 Å². The minimum Gasteiger partial charge on any atom is -0.484 e. The van der Waals surface area contributed by atoms with E-state index in [4.69, 9.17) is 4.74 Å². The third kappa shape index (κ3) is 4.91. The van der Waals surface area contributed by atoms with E-state index in [1.54, 1.807) is 12.1 Å². The van der Waals surface area contributed by atoms with Crippen LogP contribution >= 0.6 is 0 Å². The Morgan fingerprint density at radius 3 is 2.82 bits per heavy atom. The number of hydrogen-bond donors (Lipinski definition) is 1. The van der Waals surface area contributed by atoms with Crippen molar-refractivity contribution in [2.45, 2.75) is 38.0 Å². The van der Waals surface area contributed by atoms with Crippen molar-refractivity contribution in [2.75, 3.05) is 13.2 Å². The van der Waals surface area contributed by atoms with Crippen LogP contribution in [0.25, 0.3) is 0 Å². The number of carbonyl (C=O) groups is 1. The number of halogens is 3. The molecule has 0 aromatic heterocycles. The van der Waals surface area contributed by atoms with Crippen LogP contribution in [0.1, 0.15) is 24.8 Å². The molecule has 0 amide bonds. The number of nitrogens with zero attached hydrogens (tertiary/aromatic N) is 1. The highest BCUT2D eigenvalue weighted by Crippen LogP contribution is 2.23. The largest absolute Gasteiger partial charge is 0.484 e. The summed E-state index contributed by atoms with van der Waals surface area (Å²) in [4.78, 5) is 13.1. The molecule has 4 nitrogen and oxygen atoms in total. The van der Waals surface area contributed by atoms with E-state index < -0.39 is 24.8 Å². The maximum absolute atomic E-state index is 12.2. The summed E-state index contributed by atoms with van der Waals surface area (Å²) in [6, 6.07) is 5.82. The Morgan fingerprint density at radius 2 is 2.14 bits per heavy atom. The van der Waals surface area contributed by atoms with Crippen LogP contribution in [0.2, 0.25) is 0 Å². The summed E-state index contributed by atoms with van der Waals surface area (Å²) in [6.07, 6.45) is -1.98. The second kappa shape index (κ2) is 7.00. The molecule has 2 rings (SSSR count). The quantitative estimate of drug-likeness (QED) is 0.907. The molecule has 1 aromatic rings. The maximum atomic E-state index is 12.2. The van der Waals surface area contributed by atoms with Gasteiger partial charge in [-0.05, 0) is 37.1 Å². The third-order valence-electron chi connectivity index (χ3n) is 3.59. The van der Waals surface area contributed by atoms with E-state index in [0.29, 0.717) is 19.5 Å². The number of hydrogen-bond acceptors (Lipinski definition) is 3. The fourth-order valence-electron chi connectivity index (χ4n) is 2.59. The first-order valence-electron chi connectivity index (χ1n) is 7.10. The van der Waals surface area contributed by atoms with Crippen molar-refractivity contribution in [1.29, 1.82) is 0 Å². The Kier molecular flexibility index (Phi) is 5.28. The maximum Gasteiger partial charge on any atom is 0.422 e. The predicted octanol–water partition coefficient (Wildman–Crippen LogP) is 3.07. The van der Waals surface area contributed by atoms with Crippen molar-refractivity contribution >= 4 is 5.97 Å². The number of ether oxygens (including phenoxy) is 1. The lowest BCUT2D eigenvalue weighted by Gasteiger charge is -2.32. The number of benzene rings is 1. The number of alkyl halides is 3. The van der Waals surface area contributed by atoms with Crippen LogP contribution in [-0.4, -0.2) is 41.3 Å². The second-order valence-electron chi connectivity index (χ2n) is 5.37. The van der Waals surface area contributed by atoms with Gasteiger partial charge in [0.25, 0.3) is 0 Å². The van der Waals surface area contributed by atoms with Crippen LogP contribution < -0.4 is 4.74 Å². The van der Waals surface area contributed by atoms with Gasteiger partial charge in [0.15, 0.2) is 6.61 Å². The number of aliphatic carboxylic acids is 1. The van der Waals surface area contributed by atoms with Crippen molar-refractivity contribution in [2.24, 2.45) is 0 Å². The minimum atomic E-state index is -4.38. The van der Waals surface area contributed by atoms with Crippen LogP contribution in [0.4, 0.5) is 13.2 Å². The first-order chi connectivity index (χ1) is 10.3. The molecule has 0 radical (unpaired) electrons. The summed E-state index contributed by atoms with van der Waals surface area (Å²) in [7, 11) is 0. The number of likely N-dealkylation sites (tertiary alicyclic amines) is 1. The smallest absolute Gasteiger partial charge is 0.422 e. The van der Waals surface area contributed by atoms with Gasteiger partial charge in [0.2, 0.25) is 0 Å². The molecule has 7 heteroatoms. The Bertz CT molecular complexity index is 519. The van der Waals surface area contributed by atoms with Gasteiger partial charge >= 0.3 is 12.1 Å². The summed E-state index contributed by atoms with van der Waals surface area (Å²) in [6.45, 7) is -0.275. The molecular weight excluding hydrogens is 299 g/mol. The molecule has 0 aliphatic carbocycles. The zero-order valence-electron chi connectivity index (χ0n) is 12.0. The molecule has 1 N–H and O–H groups in total. The molecular formula is C15H18F3NO3. The summed E-state index contributed by atoms with van der Waals surface area (Å²) in [5.41, 5.74) is 0.743. The Morgan fingerprint density at radius 1 is 1.36 bits per heavy atom. The van der Waals surface area contributed by atoms with Crippen LogP contribution in [0.15, 0.2) is 24.3 Å². The Hall–Kier alpha value is -1.76. The lowest BCUT2D eigenvalue weighted by Crippen LogP contribution is -2.43. The fourth-order valence-corrected chi connectivity index (χ4v) is 2.59. The van der Waals surface area contributed by atoms with Crippen molar-refractivity contribution in [3.8, 4) is 5.75 Å². The average Bonchev–Trinajstić information content (AvgIpc) is 2.45. The Labute approximate surface area is 126 Å². The summed E-state index contributed by atoms with van der Waals surface area (Å²) < 4.78 is 41.2. The first-order valence-corrected chi connectivity index (χ1v) is 7.10. The number of rotatable bonds is 5. The van der Waals surface area contributed by atoms with Gasteiger partial charge in [-0.1, -0.05) is 18.6 Å². The van der Waals surface area contributed by atoms with E-state index in [0.717, 1.165) is 18.4 Å². The highest BCUT2D eigenvalue weighted by molar-refractivity contribution is 5.73. The number of piperidine rings is 1. The molecule has 1 heterocycles. The van der Waals surface area contributed by atoms with Crippen LogP contribution in [0.3, 0.4) is 0 Å². The topological polar surface area (TPSA) is 49.8 Å². The van der Waals surface area contributed by atoms with Gasteiger partial charge < -0.3 is 9.84 Å². The van der Waals surface area contributed by atoms with Gasteiger partial charge in [-0.2, -0.15) is 13.2 Å². The van der Waals surface area contributed by atoms with Crippen molar-refractivity contribution < 1.29 is 27.8 Å². The highest BCUT2D eigenvalue weighted by Gasteiger charge is 2.29. The van der Waals surface area contributed by atoms with E-state index in [1.807, 2.05) is 4.90 Å². The molecule has 1 aliphatic heterocycles. The SMILES string of the molecule is O=C(O)C1CCCCN1Cc1cccc(OCC(F)(F)F)c1. The number of carboxylic acid groups (broad SMARTS) is 1. The van der Waals surface area contributed by atoms with Crippen molar-refractivity contribution in [3.63, 3.8) is 0 Å².